The van der Waals surface area contributed by atoms with Gasteiger partial charge >= 0.3 is 6.18 Å². The summed E-state index contributed by atoms with van der Waals surface area (Å²) in [7, 11) is 0. The minimum absolute atomic E-state index is 0.179. The van der Waals surface area contributed by atoms with Crippen LogP contribution in [0.4, 0.5) is 17.6 Å². The Bertz CT molecular complexity index is 506. The van der Waals surface area contributed by atoms with Crippen molar-refractivity contribution in [2.24, 2.45) is 0 Å². The van der Waals surface area contributed by atoms with E-state index in [0.29, 0.717) is 12.1 Å². The monoisotopic (exact) mass is 275 g/mol. The largest absolute Gasteiger partial charge is 0.419 e. The highest BCUT2D eigenvalue weighted by molar-refractivity contribution is 5.95. The zero-order valence-electron chi connectivity index (χ0n) is 10.3. The van der Waals surface area contributed by atoms with Gasteiger partial charge in [-0.15, -0.1) is 0 Å². The molecule has 0 saturated heterocycles. The summed E-state index contributed by atoms with van der Waals surface area (Å²) in [6, 6.07) is 2.27. The van der Waals surface area contributed by atoms with E-state index >= 15 is 0 Å². The average molecular weight is 275 g/mol. The summed E-state index contributed by atoms with van der Waals surface area (Å²) in [6.07, 6.45) is -2.23. The van der Waals surface area contributed by atoms with E-state index in [0.717, 1.165) is 25.3 Å². The molecule has 1 aromatic carbocycles. The Morgan fingerprint density at radius 1 is 1.32 bits per heavy atom. The predicted octanol–water partition coefficient (Wildman–Crippen LogP) is 3.52. The minimum Gasteiger partial charge on any atom is -0.347 e. The molecule has 1 fully saturated rings. The van der Waals surface area contributed by atoms with Crippen LogP contribution < -0.4 is 5.32 Å². The van der Waals surface area contributed by atoms with E-state index in [1.165, 1.54) is 0 Å². The van der Waals surface area contributed by atoms with Gasteiger partial charge in [-0.1, -0.05) is 0 Å². The highest BCUT2D eigenvalue weighted by atomic mass is 19.4. The van der Waals surface area contributed by atoms with Crippen molar-refractivity contribution in [3.05, 3.63) is 35.1 Å². The molecule has 2 nitrogen and oxygen atoms in total. The van der Waals surface area contributed by atoms with Crippen molar-refractivity contribution in [2.45, 2.75) is 37.9 Å². The molecule has 0 heterocycles. The zero-order valence-corrected chi connectivity index (χ0v) is 10.3. The third-order valence-corrected chi connectivity index (χ3v) is 3.41. The summed E-state index contributed by atoms with van der Waals surface area (Å²) in [5.41, 5.74) is -1.95. The number of hydrogen-bond acceptors (Lipinski definition) is 1. The van der Waals surface area contributed by atoms with E-state index in [4.69, 9.17) is 0 Å². The van der Waals surface area contributed by atoms with Crippen LogP contribution in [0.25, 0.3) is 0 Å². The highest BCUT2D eigenvalue weighted by Gasteiger charge is 2.36. The van der Waals surface area contributed by atoms with E-state index in [2.05, 4.69) is 5.32 Å². The molecule has 0 aliphatic heterocycles. The molecule has 0 unspecified atom stereocenters. The van der Waals surface area contributed by atoms with Crippen molar-refractivity contribution >= 4 is 5.91 Å². The number of carbonyl (C=O) groups excluding carboxylic acids is 1. The van der Waals surface area contributed by atoms with Crippen molar-refractivity contribution in [3.8, 4) is 0 Å². The van der Waals surface area contributed by atoms with Crippen molar-refractivity contribution in [3.63, 3.8) is 0 Å². The van der Waals surface area contributed by atoms with Crippen LogP contribution >= 0.6 is 0 Å². The fraction of sp³-hybridized carbons (Fsp3) is 0.462. The second kappa shape index (κ2) is 4.51. The first-order valence-electron chi connectivity index (χ1n) is 5.91. The van der Waals surface area contributed by atoms with E-state index in [1.807, 2.05) is 6.92 Å². The number of amides is 1. The van der Waals surface area contributed by atoms with E-state index in [9.17, 15) is 22.4 Å². The number of alkyl halides is 3. The first kappa shape index (κ1) is 13.8. The van der Waals surface area contributed by atoms with Gasteiger partial charge in [-0.3, -0.25) is 4.79 Å². The molecular formula is C13H13F4NO. The lowest BCUT2D eigenvalue weighted by molar-refractivity contribution is -0.140. The number of halogens is 4. The Hall–Kier alpha value is -1.59. The summed E-state index contributed by atoms with van der Waals surface area (Å²) in [5, 5.41) is 2.68. The molecule has 0 aromatic heterocycles. The highest BCUT2D eigenvalue weighted by Crippen LogP contribution is 2.33. The van der Waals surface area contributed by atoms with E-state index in [1.54, 1.807) is 0 Å². The SMILES string of the molecule is CC1(NC(=O)c2ccc(F)c(C(F)(F)F)c2)CCC1. The third-order valence-electron chi connectivity index (χ3n) is 3.41. The predicted molar refractivity (Wildman–Crippen MR) is 61.1 cm³/mol. The van der Waals surface area contributed by atoms with E-state index in [-0.39, 0.29) is 11.1 Å². The lowest BCUT2D eigenvalue weighted by Crippen LogP contribution is -2.50. The first-order valence-corrected chi connectivity index (χ1v) is 5.91. The van der Waals surface area contributed by atoms with Crippen molar-refractivity contribution in [1.82, 2.24) is 5.32 Å². The minimum atomic E-state index is -4.80. The van der Waals surface area contributed by atoms with Gasteiger partial charge in [0.15, 0.2) is 0 Å². The average Bonchev–Trinajstić information content (AvgIpc) is 2.25. The molecule has 0 spiro atoms. The second-order valence-corrected chi connectivity index (χ2v) is 5.06. The van der Waals surface area contributed by atoms with Gasteiger partial charge in [-0.05, 0) is 44.4 Å². The smallest absolute Gasteiger partial charge is 0.347 e. The summed E-state index contributed by atoms with van der Waals surface area (Å²) in [4.78, 5) is 11.8. The Labute approximate surface area is 107 Å². The Morgan fingerprint density at radius 2 is 1.95 bits per heavy atom. The van der Waals surface area contributed by atoms with Crippen molar-refractivity contribution in [2.75, 3.05) is 0 Å². The van der Waals surface area contributed by atoms with Gasteiger partial charge in [0.05, 0.1) is 5.56 Å². The third kappa shape index (κ3) is 2.88. The second-order valence-electron chi connectivity index (χ2n) is 5.06. The maximum Gasteiger partial charge on any atom is 0.419 e. The van der Waals surface area contributed by atoms with Gasteiger partial charge < -0.3 is 5.32 Å². The Morgan fingerprint density at radius 3 is 2.42 bits per heavy atom. The molecule has 1 N–H and O–H groups in total. The maximum atomic E-state index is 13.1. The lowest BCUT2D eigenvalue weighted by Gasteiger charge is -2.39. The fourth-order valence-electron chi connectivity index (χ4n) is 2.06. The van der Waals surface area contributed by atoms with Crippen LogP contribution in [0.15, 0.2) is 18.2 Å². The summed E-state index contributed by atoms with van der Waals surface area (Å²) < 4.78 is 50.7. The number of nitrogens with one attached hydrogen (secondary N) is 1. The number of carbonyl (C=O) groups is 1. The van der Waals surface area contributed by atoms with Crippen molar-refractivity contribution < 1.29 is 22.4 Å². The molecule has 2 rings (SSSR count). The number of benzene rings is 1. The fourth-order valence-corrected chi connectivity index (χ4v) is 2.06. The summed E-state index contributed by atoms with van der Waals surface area (Å²) in [6.45, 7) is 1.84. The Kier molecular flexibility index (Phi) is 3.28. The van der Waals surface area contributed by atoms with Gasteiger partial charge in [-0.25, -0.2) is 4.39 Å². The van der Waals surface area contributed by atoms with Crippen LogP contribution in [0, 0.1) is 5.82 Å². The molecule has 1 saturated carbocycles. The van der Waals surface area contributed by atoms with Gasteiger partial charge in [0.1, 0.15) is 5.82 Å². The summed E-state index contributed by atoms with van der Waals surface area (Å²) in [5.74, 6) is -1.98. The van der Waals surface area contributed by atoms with E-state index < -0.39 is 23.5 Å². The van der Waals surface area contributed by atoms with Crippen LogP contribution in [0.3, 0.4) is 0 Å². The molecule has 6 heteroatoms. The van der Waals surface area contributed by atoms with Gasteiger partial charge in [-0.2, -0.15) is 13.2 Å². The molecule has 1 aliphatic carbocycles. The topological polar surface area (TPSA) is 29.1 Å². The van der Waals surface area contributed by atoms with Crippen LogP contribution in [-0.2, 0) is 6.18 Å². The van der Waals surface area contributed by atoms with Gasteiger partial charge in [0, 0.05) is 11.1 Å². The van der Waals surface area contributed by atoms with Crippen molar-refractivity contribution in [1.29, 1.82) is 0 Å². The normalized spacial score (nSPS) is 17.7. The lowest BCUT2D eigenvalue weighted by atomic mass is 9.78. The summed E-state index contributed by atoms with van der Waals surface area (Å²) >= 11 is 0. The standard InChI is InChI=1S/C13H13F4NO/c1-12(5-2-6-12)18-11(19)8-3-4-10(14)9(7-8)13(15,16)17/h3-4,7H,2,5-6H2,1H3,(H,18,19). The molecule has 0 radical (unpaired) electrons. The number of rotatable bonds is 2. The number of hydrogen-bond donors (Lipinski definition) is 1. The van der Waals surface area contributed by atoms with Crippen LogP contribution in [0.2, 0.25) is 0 Å². The van der Waals surface area contributed by atoms with Crippen LogP contribution in [0.5, 0.6) is 0 Å². The molecule has 19 heavy (non-hydrogen) atoms. The maximum absolute atomic E-state index is 13.1. The Balaban J connectivity index is 2.23. The van der Waals surface area contributed by atoms with Crippen LogP contribution in [-0.4, -0.2) is 11.4 Å². The molecule has 1 aliphatic rings. The zero-order chi connectivity index (χ0) is 14.3. The molecule has 0 atom stereocenters. The first-order chi connectivity index (χ1) is 8.71. The van der Waals surface area contributed by atoms with Gasteiger partial charge in [0.25, 0.3) is 5.91 Å². The molecule has 104 valence electrons. The molecule has 1 aromatic rings. The molecule has 0 bridgehead atoms. The van der Waals surface area contributed by atoms with Gasteiger partial charge in [0.2, 0.25) is 0 Å². The van der Waals surface area contributed by atoms with Crippen LogP contribution in [0.1, 0.15) is 42.1 Å². The molecule has 1 amide bonds. The quantitative estimate of drug-likeness (QED) is 0.822. The molecular weight excluding hydrogens is 262 g/mol.